The minimum absolute atomic E-state index is 0.0119. The fourth-order valence-electron chi connectivity index (χ4n) is 3.09. The van der Waals surface area contributed by atoms with Gasteiger partial charge < -0.3 is 25.6 Å². The van der Waals surface area contributed by atoms with Crippen LogP contribution < -0.4 is 15.4 Å². The molecular formula is C25H22Cl2N2O6. The number of amides is 2. The summed E-state index contributed by atoms with van der Waals surface area (Å²) in [7, 11) is 0. The van der Waals surface area contributed by atoms with Gasteiger partial charge in [0.1, 0.15) is 11.5 Å². The number of carbonyl (C=O) groups is 3. The van der Waals surface area contributed by atoms with E-state index in [0.29, 0.717) is 5.92 Å². The number of ether oxygens (including phenoxy) is 1. The van der Waals surface area contributed by atoms with Crippen molar-refractivity contribution in [1.82, 2.24) is 5.32 Å². The third-order valence-electron chi connectivity index (χ3n) is 4.98. The zero-order chi connectivity index (χ0) is 25.7. The molecule has 0 spiro atoms. The third-order valence-corrected chi connectivity index (χ3v) is 5.54. The molecule has 0 aromatic heterocycles. The highest BCUT2D eigenvalue weighted by Crippen LogP contribution is 2.39. The lowest BCUT2D eigenvalue weighted by molar-refractivity contribution is -0.147. The first-order chi connectivity index (χ1) is 16.5. The van der Waals surface area contributed by atoms with Crippen LogP contribution in [-0.4, -0.2) is 28.0 Å². The van der Waals surface area contributed by atoms with Crippen LogP contribution in [0.3, 0.4) is 0 Å². The summed E-state index contributed by atoms with van der Waals surface area (Å²) in [4.78, 5) is 34.7. The maximum Gasteiger partial charge on any atom is 0.394 e. The van der Waals surface area contributed by atoms with E-state index < -0.39 is 17.8 Å². The summed E-state index contributed by atoms with van der Waals surface area (Å²) >= 11 is 12.4. The second-order valence-corrected chi connectivity index (χ2v) is 8.70. The van der Waals surface area contributed by atoms with Gasteiger partial charge in [-0.2, -0.15) is 0 Å². The van der Waals surface area contributed by atoms with Gasteiger partial charge in [0.15, 0.2) is 5.75 Å². The number of phenolic OH excluding ortho intramolecular Hbond substituents is 1. The van der Waals surface area contributed by atoms with E-state index in [1.165, 1.54) is 35.9 Å². The summed E-state index contributed by atoms with van der Waals surface area (Å²) in [6.07, 6.45) is 0. The number of hydrogen-bond acceptors (Lipinski definition) is 5. The van der Waals surface area contributed by atoms with Crippen molar-refractivity contribution in [3.05, 3.63) is 81.3 Å². The van der Waals surface area contributed by atoms with Crippen LogP contribution in [0.15, 0.2) is 54.6 Å². The molecule has 0 radical (unpaired) electrons. The second-order valence-electron chi connectivity index (χ2n) is 7.89. The molecule has 2 amide bonds. The Hall–Kier alpha value is -3.75. The molecule has 0 aliphatic carbocycles. The minimum Gasteiger partial charge on any atom is -0.507 e. The molecular weight excluding hydrogens is 495 g/mol. The van der Waals surface area contributed by atoms with Gasteiger partial charge in [0.25, 0.3) is 5.91 Å². The highest BCUT2D eigenvalue weighted by Gasteiger charge is 2.17. The molecule has 0 saturated heterocycles. The largest absolute Gasteiger partial charge is 0.507 e. The van der Waals surface area contributed by atoms with Crippen LogP contribution in [0, 0.1) is 0 Å². The molecule has 3 aromatic carbocycles. The summed E-state index contributed by atoms with van der Waals surface area (Å²) in [5.74, 6) is -3.08. The number of aromatic hydroxyl groups is 1. The first kappa shape index (κ1) is 25.9. The van der Waals surface area contributed by atoms with Crippen molar-refractivity contribution in [2.75, 3.05) is 5.32 Å². The van der Waals surface area contributed by atoms with Gasteiger partial charge in [0, 0.05) is 12.2 Å². The predicted molar refractivity (Wildman–Crippen MR) is 133 cm³/mol. The summed E-state index contributed by atoms with van der Waals surface area (Å²) in [5.41, 5.74) is 2.14. The van der Waals surface area contributed by atoms with Crippen LogP contribution in [-0.2, 0) is 16.1 Å². The van der Waals surface area contributed by atoms with E-state index >= 15 is 0 Å². The topological polar surface area (TPSA) is 125 Å². The van der Waals surface area contributed by atoms with E-state index in [0.717, 1.165) is 5.56 Å². The zero-order valence-electron chi connectivity index (χ0n) is 18.8. The number of hydrogen-bond donors (Lipinski definition) is 4. The molecule has 3 aromatic rings. The number of anilines is 1. The lowest BCUT2D eigenvalue weighted by atomic mass is 10.0. The van der Waals surface area contributed by atoms with Crippen molar-refractivity contribution in [2.24, 2.45) is 0 Å². The van der Waals surface area contributed by atoms with Crippen LogP contribution in [0.5, 0.6) is 17.2 Å². The number of carboxylic acid groups (broad SMARTS) is 1. The molecule has 0 aliphatic rings. The first-order valence-electron chi connectivity index (χ1n) is 10.5. The third kappa shape index (κ3) is 6.65. The van der Waals surface area contributed by atoms with Gasteiger partial charge in [-0.1, -0.05) is 61.3 Å². The van der Waals surface area contributed by atoms with Crippen molar-refractivity contribution in [1.29, 1.82) is 0 Å². The monoisotopic (exact) mass is 516 g/mol. The Morgan fingerprint density at radius 3 is 2.17 bits per heavy atom. The fourth-order valence-corrected chi connectivity index (χ4v) is 3.65. The summed E-state index contributed by atoms with van der Waals surface area (Å²) in [6, 6.07) is 14.5. The Bertz CT molecular complexity index is 1250. The summed E-state index contributed by atoms with van der Waals surface area (Å²) in [6.45, 7) is 4.46. The number of carbonyl (C=O) groups excluding carboxylic acids is 2. The first-order valence-corrected chi connectivity index (χ1v) is 11.2. The van der Waals surface area contributed by atoms with Gasteiger partial charge in [-0.25, -0.2) is 4.79 Å². The molecule has 0 heterocycles. The van der Waals surface area contributed by atoms with E-state index in [4.69, 9.17) is 33.0 Å². The average Bonchev–Trinajstić information content (AvgIpc) is 2.81. The Kier molecular flexibility index (Phi) is 8.22. The predicted octanol–water partition coefficient (Wildman–Crippen LogP) is 5.57. The number of carboxylic acids is 1. The Balaban J connectivity index is 1.73. The molecule has 3 rings (SSSR count). The van der Waals surface area contributed by atoms with Gasteiger partial charge in [0.2, 0.25) is 0 Å². The lowest BCUT2D eigenvalue weighted by Crippen LogP contribution is -2.22. The molecule has 4 N–H and O–H groups in total. The molecule has 182 valence electrons. The molecule has 0 fully saturated rings. The van der Waals surface area contributed by atoms with Crippen LogP contribution in [0.4, 0.5) is 5.69 Å². The number of halogens is 2. The lowest BCUT2D eigenvalue weighted by Gasteiger charge is -2.13. The second kappa shape index (κ2) is 11.1. The summed E-state index contributed by atoms with van der Waals surface area (Å²) < 4.78 is 5.71. The van der Waals surface area contributed by atoms with Crippen LogP contribution in [0.2, 0.25) is 10.0 Å². The molecule has 8 nitrogen and oxygen atoms in total. The van der Waals surface area contributed by atoms with Crippen LogP contribution in [0.1, 0.15) is 41.3 Å². The number of rotatable bonds is 7. The number of benzene rings is 3. The number of nitrogens with one attached hydrogen (secondary N) is 2. The normalized spacial score (nSPS) is 10.7. The van der Waals surface area contributed by atoms with Crippen molar-refractivity contribution < 1.29 is 29.3 Å². The smallest absolute Gasteiger partial charge is 0.394 e. The van der Waals surface area contributed by atoms with Crippen LogP contribution in [0.25, 0.3) is 0 Å². The molecule has 35 heavy (non-hydrogen) atoms. The quantitative estimate of drug-likeness (QED) is 0.304. The SMILES string of the molecule is CC(C)c1ccc(CNC(=O)c2cc(Oc3c(Cl)cc(NC(=O)C(=O)O)cc3Cl)ccc2O)cc1. The van der Waals surface area contributed by atoms with Crippen molar-refractivity contribution >= 4 is 46.7 Å². The van der Waals surface area contributed by atoms with E-state index in [1.54, 1.807) is 0 Å². The van der Waals surface area contributed by atoms with Gasteiger partial charge in [0.05, 0.1) is 15.6 Å². The summed E-state index contributed by atoms with van der Waals surface area (Å²) in [5, 5.41) is 23.8. The molecule has 0 bridgehead atoms. The van der Waals surface area contributed by atoms with Gasteiger partial charge in [-0.3, -0.25) is 9.59 Å². The molecule has 0 aliphatic heterocycles. The minimum atomic E-state index is -1.67. The highest BCUT2D eigenvalue weighted by atomic mass is 35.5. The van der Waals surface area contributed by atoms with Gasteiger partial charge in [-0.05, 0) is 47.4 Å². The van der Waals surface area contributed by atoms with Gasteiger partial charge >= 0.3 is 11.9 Å². The highest BCUT2D eigenvalue weighted by molar-refractivity contribution is 6.39. The standard InChI is InChI=1S/C25H22Cl2N2O6/c1-13(2)15-5-3-14(4-6-15)12-28-23(31)18-11-17(7-8-21(18)30)35-22-19(26)9-16(10-20(22)27)29-24(32)25(33)34/h3-11,13,30H,12H2,1-2H3,(H,28,31)(H,29,32)(H,33,34). The van der Waals surface area contributed by atoms with Crippen LogP contribution >= 0.6 is 23.2 Å². The Morgan fingerprint density at radius 1 is 0.971 bits per heavy atom. The van der Waals surface area contributed by atoms with E-state index in [9.17, 15) is 19.5 Å². The number of phenols is 1. The zero-order valence-corrected chi connectivity index (χ0v) is 20.3. The van der Waals surface area contributed by atoms with Gasteiger partial charge in [-0.15, -0.1) is 0 Å². The molecule has 0 atom stereocenters. The van der Waals surface area contributed by atoms with Crippen molar-refractivity contribution in [2.45, 2.75) is 26.3 Å². The van der Waals surface area contributed by atoms with Crippen molar-refractivity contribution in [3.8, 4) is 17.2 Å². The van der Waals surface area contributed by atoms with E-state index in [2.05, 4.69) is 24.5 Å². The number of aliphatic carboxylic acids is 1. The van der Waals surface area contributed by atoms with E-state index in [-0.39, 0.29) is 45.1 Å². The van der Waals surface area contributed by atoms with E-state index in [1.807, 2.05) is 24.3 Å². The fraction of sp³-hybridized carbons (Fsp3) is 0.160. The van der Waals surface area contributed by atoms with Crippen molar-refractivity contribution in [3.63, 3.8) is 0 Å². The molecule has 0 saturated carbocycles. The maximum atomic E-state index is 12.7. The molecule has 0 unspecified atom stereocenters. The Morgan fingerprint density at radius 2 is 1.60 bits per heavy atom. The maximum absolute atomic E-state index is 12.7. The average molecular weight is 517 g/mol. The molecule has 10 heteroatoms. The Labute approximate surface area is 211 Å².